The van der Waals surface area contributed by atoms with Gasteiger partial charge in [0.2, 0.25) is 0 Å². The van der Waals surface area contributed by atoms with Crippen molar-refractivity contribution in [3.63, 3.8) is 0 Å². The second-order valence-corrected chi connectivity index (χ2v) is 11.3. The van der Waals surface area contributed by atoms with E-state index in [2.05, 4.69) is 9.80 Å². The average molecular weight is 515 g/mol. The zero-order valence-corrected chi connectivity index (χ0v) is 21.8. The minimum atomic E-state index is -0.467. The van der Waals surface area contributed by atoms with Gasteiger partial charge in [0, 0.05) is 49.0 Å². The summed E-state index contributed by atoms with van der Waals surface area (Å²) in [6.45, 7) is 6.30. The van der Waals surface area contributed by atoms with Crippen LogP contribution in [0.4, 0.5) is 4.39 Å². The molecule has 0 radical (unpaired) electrons. The van der Waals surface area contributed by atoms with Gasteiger partial charge in [-0.15, -0.1) is 0 Å². The van der Waals surface area contributed by atoms with Gasteiger partial charge in [0.1, 0.15) is 17.3 Å². The molecule has 38 heavy (non-hydrogen) atoms. The van der Waals surface area contributed by atoms with E-state index in [1.165, 1.54) is 25.0 Å². The van der Waals surface area contributed by atoms with Crippen molar-refractivity contribution in [1.29, 1.82) is 0 Å². The number of para-hydroxylation sites is 1. The van der Waals surface area contributed by atoms with Crippen molar-refractivity contribution < 1.29 is 19.4 Å². The molecule has 0 amide bonds. The molecule has 0 unspecified atom stereocenters. The molecule has 5 nitrogen and oxygen atoms in total. The number of piperidine rings is 4. The van der Waals surface area contributed by atoms with E-state index >= 15 is 0 Å². The minimum Gasteiger partial charge on any atom is -0.508 e. The predicted molar refractivity (Wildman–Crippen MR) is 145 cm³/mol. The monoisotopic (exact) mass is 514 g/mol. The first kappa shape index (κ1) is 25.1. The Morgan fingerprint density at radius 2 is 1.63 bits per heavy atom. The fraction of sp³-hybridized carbons (Fsp3) is 0.406. The number of Topliss-reactive ketones (excluding diaryl/α,β-unsaturated/α-hetero) is 1. The molecule has 0 spiro atoms. The summed E-state index contributed by atoms with van der Waals surface area (Å²) >= 11 is 0. The lowest BCUT2D eigenvalue weighted by Gasteiger charge is -2.53. The number of carbonyl (C=O) groups is 1. The second kappa shape index (κ2) is 10.2. The molecule has 4 aliphatic heterocycles. The Hall–Kier alpha value is -3.22. The summed E-state index contributed by atoms with van der Waals surface area (Å²) in [7, 11) is 0. The van der Waals surface area contributed by atoms with E-state index in [1.54, 1.807) is 37.3 Å². The van der Waals surface area contributed by atoms with E-state index in [0.717, 1.165) is 30.8 Å². The first-order valence-corrected chi connectivity index (χ1v) is 13.7. The molecule has 7 rings (SSSR count). The molecule has 3 aromatic rings. The van der Waals surface area contributed by atoms with Crippen LogP contribution in [0.25, 0.3) is 0 Å². The fourth-order valence-corrected chi connectivity index (χ4v) is 7.34. The topological polar surface area (TPSA) is 64.0 Å². The van der Waals surface area contributed by atoms with Crippen molar-refractivity contribution >= 4 is 5.78 Å². The van der Waals surface area contributed by atoms with E-state index in [4.69, 9.17) is 0 Å². The third-order valence-corrected chi connectivity index (χ3v) is 9.29. The van der Waals surface area contributed by atoms with Gasteiger partial charge in [0.25, 0.3) is 0 Å². The first-order chi connectivity index (χ1) is 18.4. The SMILES string of the molecule is Cc1c(F)cccc1[C@H]1[C@@H](C(=O)c2cccc(O)c2)CN([C@H]2CN3CCC2CC3)C[C@@H]1c1ccccc1O. The highest BCUT2D eigenvalue weighted by atomic mass is 19.1. The van der Waals surface area contributed by atoms with Crippen LogP contribution in [0.15, 0.2) is 66.7 Å². The lowest BCUT2D eigenvalue weighted by Crippen LogP contribution is -2.61. The normalized spacial score (nSPS) is 29.3. The van der Waals surface area contributed by atoms with E-state index in [9.17, 15) is 19.4 Å². The zero-order valence-electron chi connectivity index (χ0n) is 21.8. The summed E-state index contributed by atoms with van der Waals surface area (Å²) in [4.78, 5) is 19.3. The highest BCUT2D eigenvalue weighted by Gasteiger charge is 2.48. The van der Waals surface area contributed by atoms with Gasteiger partial charge in [-0.05, 0) is 79.7 Å². The van der Waals surface area contributed by atoms with E-state index < -0.39 is 5.92 Å². The number of likely N-dealkylation sites (tertiary alicyclic amines) is 1. The van der Waals surface area contributed by atoms with E-state index in [1.807, 2.05) is 24.3 Å². The highest BCUT2D eigenvalue weighted by molar-refractivity contribution is 5.99. The summed E-state index contributed by atoms with van der Waals surface area (Å²) in [5.41, 5.74) is 2.61. The van der Waals surface area contributed by atoms with Crippen LogP contribution >= 0.6 is 0 Å². The summed E-state index contributed by atoms with van der Waals surface area (Å²) in [6, 6.07) is 19.4. The summed E-state index contributed by atoms with van der Waals surface area (Å²) in [6.07, 6.45) is 2.33. The molecule has 4 heterocycles. The van der Waals surface area contributed by atoms with E-state index in [-0.39, 0.29) is 34.9 Å². The number of fused-ring (bicyclic) bond motifs is 3. The maximum atomic E-state index is 14.9. The number of benzene rings is 3. The van der Waals surface area contributed by atoms with Crippen molar-refractivity contribution in [2.75, 3.05) is 32.7 Å². The van der Waals surface area contributed by atoms with Gasteiger partial charge in [-0.3, -0.25) is 9.69 Å². The van der Waals surface area contributed by atoms with Gasteiger partial charge in [-0.2, -0.15) is 0 Å². The third kappa shape index (κ3) is 4.50. The number of carbonyl (C=O) groups excluding carboxylic acids is 1. The predicted octanol–water partition coefficient (Wildman–Crippen LogP) is 5.32. The maximum Gasteiger partial charge on any atom is 0.167 e. The molecule has 3 aromatic carbocycles. The molecule has 2 bridgehead atoms. The van der Waals surface area contributed by atoms with E-state index in [0.29, 0.717) is 36.2 Å². The lowest BCUT2D eigenvalue weighted by molar-refractivity contribution is -0.0191. The van der Waals surface area contributed by atoms with Crippen LogP contribution in [0.3, 0.4) is 0 Å². The molecule has 4 fully saturated rings. The summed E-state index contributed by atoms with van der Waals surface area (Å²) < 4.78 is 14.9. The number of hydrogen-bond acceptors (Lipinski definition) is 5. The molecule has 0 aliphatic carbocycles. The second-order valence-electron chi connectivity index (χ2n) is 11.3. The van der Waals surface area contributed by atoms with Crippen LogP contribution in [-0.2, 0) is 0 Å². The van der Waals surface area contributed by atoms with Gasteiger partial charge in [0.15, 0.2) is 5.78 Å². The molecular weight excluding hydrogens is 479 g/mol. The standard InChI is InChI=1S/C32H35FN2O3/c1-20-24(9-5-10-28(20)33)31-26(25-8-2-3-11-30(25)37)17-35(29-19-34-14-12-21(29)13-15-34)18-27(31)32(38)22-6-4-7-23(36)16-22/h2-11,16,21,26-27,29,31,36-37H,12-15,17-19H2,1H3/t26-,27+,29+,31-/m1/s1. The van der Waals surface area contributed by atoms with Gasteiger partial charge in [-0.1, -0.05) is 42.5 Å². The molecule has 2 N–H and O–H groups in total. The number of ketones is 1. The Kier molecular flexibility index (Phi) is 6.70. The number of hydrogen-bond donors (Lipinski definition) is 2. The smallest absolute Gasteiger partial charge is 0.167 e. The van der Waals surface area contributed by atoms with Crippen LogP contribution in [0.2, 0.25) is 0 Å². The Morgan fingerprint density at radius 3 is 2.34 bits per heavy atom. The summed E-state index contributed by atoms with van der Waals surface area (Å²) in [5, 5.41) is 21.2. The largest absolute Gasteiger partial charge is 0.508 e. The van der Waals surface area contributed by atoms with Crippen LogP contribution in [0.1, 0.15) is 51.7 Å². The van der Waals surface area contributed by atoms with Crippen LogP contribution in [0.5, 0.6) is 11.5 Å². The first-order valence-electron chi connectivity index (χ1n) is 13.7. The van der Waals surface area contributed by atoms with Crippen molar-refractivity contribution in [3.8, 4) is 11.5 Å². The van der Waals surface area contributed by atoms with Crippen LogP contribution in [-0.4, -0.2) is 64.6 Å². The van der Waals surface area contributed by atoms with Gasteiger partial charge in [-0.25, -0.2) is 4.39 Å². The van der Waals surface area contributed by atoms with Crippen molar-refractivity contribution in [3.05, 3.63) is 94.8 Å². The molecule has 6 heteroatoms. The Balaban J connectivity index is 1.49. The molecule has 0 saturated carbocycles. The maximum absolute atomic E-state index is 14.9. The van der Waals surface area contributed by atoms with Crippen molar-refractivity contribution in [2.24, 2.45) is 11.8 Å². The number of halogens is 1. The molecular formula is C32H35FN2O3. The molecule has 0 aromatic heterocycles. The van der Waals surface area contributed by atoms with Crippen LogP contribution in [0, 0.1) is 24.6 Å². The lowest BCUT2D eigenvalue weighted by atomic mass is 9.66. The molecule has 4 atom stereocenters. The fourth-order valence-electron chi connectivity index (χ4n) is 7.34. The Bertz CT molecular complexity index is 1340. The quantitative estimate of drug-likeness (QED) is 0.451. The summed E-state index contributed by atoms with van der Waals surface area (Å²) in [5.74, 6) is -0.492. The Labute approximate surface area is 223 Å². The number of nitrogens with zero attached hydrogens (tertiary/aromatic N) is 2. The van der Waals surface area contributed by atoms with Gasteiger partial charge >= 0.3 is 0 Å². The zero-order chi connectivity index (χ0) is 26.4. The number of phenols is 2. The molecule has 4 saturated heterocycles. The highest BCUT2D eigenvalue weighted by Crippen LogP contribution is 2.49. The van der Waals surface area contributed by atoms with Crippen LogP contribution < -0.4 is 0 Å². The third-order valence-electron chi connectivity index (χ3n) is 9.29. The molecule has 4 aliphatic rings. The number of aromatic hydroxyl groups is 2. The Morgan fingerprint density at radius 1 is 0.895 bits per heavy atom. The van der Waals surface area contributed by atoms with Crippen molar-refractivity contribution in [1.82, 2.24) is 9.80 Å². The number of phenolic OH excluding ortho intramolecular Hbond substituents is 2. The van der Waals surface area contributed by atoms with Crippen molar-refractivity contribution in [2.45, 2.75) is 37.6 Å². The molecule has 198 valence electrons. The minimum absolute atomic E-state index is 0.0524. The number of rotatable bonds is 5. The van der Waals surface area contributed by atoms with Gasteiger partial charge in [0.05, 0.1) is 0 Å². The van der Waals surface area contributed by atoms with Gasteiger partial charge < -0.3 is 15.1 Å². The average Bonchev–Trinajstić information content (AvgIpc) is 2.94.